The molecular weight excluding hydrogens is 406 g/mol. The molecule has 2 rings (SSSR count). The zero-order valence-corrected chi connectivity index (χ0v) is 19.3. The van der Waals surface area contributed by atoms with Gasteiger partial charge in [0.25, 0.3) is 0 Å². The lowest BCUT2D eigenvalue weighted by atomic mass is 9.80. The number of ether oxygens (including phenoxy) is 1. The lowest BCUT2D eigenvalue weighted by Gasteiger charge is -2.50. The van der Waals surface area contributed by atoms with Crippen LogP contribution in [-0.2, 0) is 16.0 Å². The summed E-state index contributed by atoms with van der Waals surface area (Å²) in [4.78, 5) is 29.2. The quantitative estimate of drug-likeness (QED) is 0.735. The number of benzene rings is 1. The van der Waals surface area contributed by atoms with Crippen molar-refractivity contribution in [1.82, 2.24) is 9.80 Å². The first-order valence-corrected chi connectivity index (χ1v) is 10.6. The van der Waals surface area contributed by atoms with Crippen molar-refractivity contribution in [3.8, 4) is 0 Å². The Balaban J connectivity index is 2.38. The molecule has 2 atom stereocenters. The maximum Gasteiger partial charge on any atom is 0.410 e. The van der Waals surface area contributed by atoms with Crippen LogP contribution in [0.3, 0.4) is 0 Å². The topological polar surface area (TPSA) is 96.1 Å². The number of aliphatic hydroxyl groups excluding tert-OH is 1. The van der Waals surface area contributed by atoms with Gasteiger partial charge >= 0.3 is 6.09 Å². The van der Waals surface area contributed by atoms with Gasteiger partial charge in [-0.15, -0.1) is 0 Å². The molecule has 1 aromatic rings. The van der Waals surface area contributed by atoms with Crippen molar-refractivity contribution in [3.05, 3.63) is 34.9 Å². The third-order valence-electron chi connectivity index (χ3n) is 5.49. The molecule has 1 heterocycles. The van der Waals surface area contributed by atoms with E-state index in [0.29, 0.717) is 37.4 Å². The fourth-order valence-corrected chi connectivity index (χ4v) is 3.91. The van der Waals surface area contributed by atoms with Crippen LogP contribution in [0, 0.1) is 0 Å². The number of hydrogen-bond donors (Lipinski definition) is 2. The summed E-state index contributed by atoms with van der Waals surface area (Å²) in [6.07, 6.45) is 1.53. The van der Waals surface area contributed by atoms with E-state index in [2.05, 4.69) is 0 Å². The molecule has 2 amide bonds. The van der Waals surface area contributed by atoms with Crippen molar-refractivity contribution in [2.24, 2.45) is 5.73 Å². The van der Waals surface area contributed by atoms with Crippen LogP contribution in [0.1, 0.15) is 46.1 Å². The molecule has 3 N–H and O–H groups in total. The van der Waals surface area contributed by atoms with E-state index < -0.39 is 29.4 Å². The van der Waals surface area contributed by atoms with E-state index in [1.807, 2.05) is 45.0 Å². The number of likely N-dealkylation sites (tertiary alicyclic amines) is 1. The molecule has 0 bridgehead atoms. The summed E-state index contributed by atoms with van der Waals surface area (Å²) in [7, 11) is 1.69. The minimum atomic E-state index is -1.41. The van der Waals surface area contributed by atoms with Crippen molar-refractivity contribution in [2.75, 3.05) is 26.7 Å². The van der Waals surface area contributed by atoms with E-state index in [4.69, 9.17) is 22.1 Å². The van der Waals surface area contributed by atoms with Crippen molar-refractivity contribution >= 4 is 23.6 Å². The molecule has 1 aromatic carbocycles. The summed E-state index contributed by atoms with van der Waals surface area (Å²) in [5.41, 5.74) is 4.35. The smallest absolute Gasteiger partial charge is 0.410 e. The monoisotopic (exact) mass is 439 g/mol. The number of rotatable bonds is 5. The number of hydrogen-bond acceptors (Lipinski definition) is 5. The fourth-order valence-electron chi connectivity index (χ4n) is 3.78. The molecule has 0 aliphatic carbocycles. The molecule has 8 heteroatoms. The van der Waals surface area contributed by atoms with Crippen LogP contribution >= 0.6 is 11.6 Å². The minimum absolute atomic E-state index is 0.314. The fraction of sp³-hybridized carbons (Fsp3) is 0.636. The van der Waals surface area contributed by atoms with Crippen molar-refractivity contribution in [2.45, 2.75) is 63.6 Å². The summed E-state index contributed by atoms with van der Waals surface area (Å²) >= 11 is 6.03. The molecule has 0 aromatic heterocycles. The third-order valence-corrected chi connectivity index (χ3v) is 5.74. The van der Waals surface area contributed by atoms with Gasteiger partial charge in [-0.3, -0.25) is 4.79 Å². The van der Waals surface area contributed by atoms with Crippen LogP contribution in [0.4, 0.5) is 4.79 Å². The first-order valence-electron chi connectivity index (χ1n) is 10.2. The van der Waals surface area contributed by atoms with Crippen LogP contribution in [0.2, 0.25) is 5.02 Å². The summed E-state index contributed by atoms with van der Waals surface area (Å²) in [5.74, 6) is -0.370. The number of nitrogens with two attached hydrogens (primary N) is 1. The highest BCUT2D eigenvalue weighted by atomic mass is 35.5. The van der Waals surface area contributed by atoms with Crippen LogP contribution in [-0.4, -0.2) is 70.3 Å². The summed E-state index contributed by atoms with van der Waals surface area (Å²) in [6, 6.07) is 7.45. The Morgan fingerprint density at radius 2 is 1.87 bits per heavy atom. The van der Waals surface area contributed by atoms with Gasteiger partial charge < -0.3 is 25.4 Å². The normalized spacial score (nSPS) is 21.7. The van der Waals surface area contributed by atoms with E-state index in [0.717, 1.165) is 5.56 Å². The zero-order valence-electron chi connectivity index (χ0n) is 18.6. The molecule has 1 fully saturated rings. The van der Waals surface area contributed by atoms with E-state index in [1.54, 1.807) is 16.8 Å². The van der Waals surface area contributed by atoms with Gasteiger partial charge in [-0.25, -0.2) is 4.79 Å². The number of halogens is 1. The average Bonchev–Trinajstić information content (AvgIpc) is 2.67. The first kappa shape index (κ1) is 24.4. The van der Waals surface area contributed by atoms with Crippen LogP contribution in [0.15, 0.2) is 24.3 Å². The largest absolute Gasteiger partial charge is 0.444 e. The Morgan fingerprint density at radius 1 is 1.27 bits per heavy atom. The first-order chi connectivity index (χ1) is 13.8. The van der Waals surface area contributed by atoms with E-state index in [9.17, 15) is 14.7 Å². The molecule has 30 heavy (non-hydrogen) atoms. The van der Waals surface area contributed by atoms with Crippen molar-refractivity contribution < 1.29 is 19.4 Å². The van der Waals surface area contributed by atoms with Crippen LogP contribution < -0.4 is 5.73 Å². The van der Waals surface area contributed by atoms with E-state index >= 15 is 0 Å². The molecule has 1 saturated heterocycles. The van der Waals surface area contributed by atoms with Crippen molar-refractivity contribution in [1.29, 1.82) is 0 Å². The lowest BCUT2D eigenvalue weighted by Crippen LogP contribution is -2.66. The Kier molecular flexibility index (Phi) is 7.43. The van der Waals surface area contributed by atoms with Gasteiger partial charge in [0.05, 0.1) is 12.1 Å². The highest BCUT2D eigenvalue weighted by Crippen LogP contribution is 2.33. The zero-order chi connectivity index (χ0) is 22.7. The summed E-state index contributed by atoms with van der Waals surface area (Å²) < 4.78 is 5.57. The highest BCUT2D eigenvalue weighted by Gasteiger charge is 2.46. The Hall–Kier alpha value is -1.83. The standard InChI is InChI=1S/C22H34ClN3O4/c1-20(2,3)30-19(29)26-12-6-11-22(14-26,13-16-7-9-17(23)10-8-16)25(5)18(28)21(4,24)15-27/h7-10,27H,6,11-15,24H2,1-5H3/t21?,22-/m1/s1. The minimum Gasteiger partial charge on any atom is -0.444 e. The highest BCUT2D eigenvalue weighted by molar-refractivity contribution is 6.30. The summed E-state index contributed by atoms with van der Waals surface area (Å²) in [6.45, 7) is 7.39. The summed E-state index contributed by atoms with van der Waals surface area (Å²) in [5, 5.41) is 10.2. The Labute approximate surface area is 184 Å². The number of piperidine rings is 1. The second-order valence-corrected chi connectivity index (χ2v) is 9.91. The van der Waals surface area contributed by atoms with Gasteiger partial charge in [0.15, 0.2) is 0 Å². The molecule has 1 aliphatic heterocycles. The van der Waals surface area contributed by atoms with Crippen LogP contribution in [0.5, 0.6) is 0 Å². The molecule has 0 spiro atoms. The molecule has 1 unspecified atom stereocenters. The van der Waals surface area contributed by atoms with Gasteiger partial charge in [-0.1, -0.05) is 23.7 Å². The average molecular weight is 440 g/mol. The number of aliphatic hydroxyl groups is 1. The Morgan fingerprint density at radius 3 is 2.40 bits per heavy atom. The SMILES string of the molecule is CN(C(=O)C(C)(N)CO)[C@@]1(Cc2ccc(Cl)cc2)CCCN(C(=O)OC(C)(C)C)C1. The van der Waals surface area contributed by atoms with Crippen molar-refractivity contribution in [3.63, 3.8) is 0 Å². The predicted octanol–water partition coefficient (Wildman–Crippen LogP) is 2.82. The molecule has 0 radical (unpaired) electrons. The number of carbonyl (C=O) groups is 2. The number of nitrogens with zero attached hydrogens (tertiary/aromatic N) is 2. The molecule has 7 nitrogen and oxygen atoms in total. The third kappa shape index (κ3) is 5.86. The molecule has 1 aliphatic rings. The maximum absolute atomic E-state index is 13.1. The van der Waals surface area contributed by atoms with Gasteiger partial charge in [-0.2, -0.15) is 0 Å². The van der Waals surface area contributed by atoms with Gasteiger partial charge in [-0.05, 0) is 64.7 Å². The van der Waals surface area contributed by atoms with E-state index in [-0.39, 0.29) is 5.91 Å². The Bertz CT molecular complexity index is 761. The van der Waals surface area contributed by atoms with Gasteiger partial charge in [0.2, 0.25) is 5.91 Å². The van der Waals surface area contributed by atoms with E-state index in [1.165, 1.54) is 6.92 Å². The second-order valence-electron chi connectivity index (χ2n) is 9.47. The number of carbonyl (C=O) groups excluding carboxylic acids is 2. The van der Waals surface area contributed by atoms with Crippen LogP contribution in [0.25, 0.3) is 0 Å². The predicted molar refractivity (Wildman–Crippen MR) is 117 cm³/mol. The van der Waals surface area contributed by atoms with Gasteiger partial charge in [0.1, 0.15) is 11.1 Å². The second kappa shape index (κ2) is 9.12. The number of likely N-dealkylation sites (N-methyl/N-ethyl adjacent to an activating group) is 1. The number of amides is 2. The molecular formula is C22H34ClN3O4. The maximum atomic E-state index is 13.1. The molecule has 168 valence electrons. The molecule has 0 saturated carbocycles. The van der Waals surface area contributed by atoms with Gasteiger partial charge in [0, 0.05) is 25.2 Å². The lowest BCUT2D eigenvalue weighted by molar-refractivity contribution is -0.144.